The smallest absolute Gasteiger partial charge is 0.215 e. The minimum Gasteiger partial charge on any atom is -0.354 e. The van der Waals surface area contributed by atoms with Gasteiger partial charge < -0.3 is 19.9 Å². The molecule has 4 aromatic heterocycles. The molecular weight excluding hydrogens is 1960 g/mol. The Morgan fingerprint density at radius 3 is 0.522 bits per heavy atom. The molecule has 0 fully saturated rings. The number of H-pyrrole nitrogens is 4. The molecule has 0 saturated heterocycles. The molecule has 8 heterocycles. The fourth-order valence-corrected chi connectivity index (χ4v) is 14.5. The van der Waals surface area contributed by atoms with Crippen molar-refractivity contribution in [2.45, 2.75) is 0 Å². The zero-order chi connectivity index (χ0) is 101. The van der Waals surface area contributed by atoms with E-state index in [4.69, 9.17) is 0 Å². The van der Waals surface area contributed by atoms with Crippen molar-refractivity contribution in [3.05, 3.63) is 441 Å². The van der Waals surface area contributed by atoms with Gasteiger partial charge in [-0.3, -0.25) is 9.59 Å². The summed E-state index contributed by atoms with van der Waals surface area (Å²) in [6.07, 6.45) is 3.45. The molecular formula is C88H20F40N8O2. The minimum absolute atomic E-state index is 0.296. The van der Waals surface area contributed by atoms with Gasteiger partial charge in [0.1, 0.15) is 11.1 Å². The normalized spacial score (nSPS) is 15.8. The fourth-order valence-electron chi connectivity index (χ4n) is 14.5. The number of aliphatic imine (C=N–C) groups is 4. The second kappa shape index (κ2) is 34.6. The molecule has 4 aliphatic heterocycles. The first-order chi connectivity index (χ1) is 65.0. The van der Waals surface area contributed by atoms with Gasteiger partial charge in [-0.1, -0.05) is 0 Å². The maximum absolute atomic E-state index is 16.6. The minimum atomic E-state index is -2.98. The lowest BCUT2D eigenvalue weighted by atomic mass is 9.98. The number of aromatic nitrogens is 4. The van der Waals surface area contributed by atoms with E-state index in [0.717, 1.165) is 0 Å². The summed E-state index contributed by atoms with van der Waals surface area (Å²) in [6, 6.07) is 2.75. The second-order valence-corrected chi connectivity index (χ2v) is 28.5. The highest BCUT2D eigenvalue weighted by atomic mass is 19.2. The molecule has 4 N–H and O–H groups in total. The number of hydrogen-bond donors (Lipinski definition) is 4. The highest BCUT2D eigenvalue weighted by Crippen LogP contribution is 2.44. The summed E-state index contributed by atoms with van der Waals surface area (Å²) in [5.41, 5.74) is -42.7. The van der Waals surface area contributed by atoms with Gasteiger partial charge in [-0.15, -0.1) is 0 Å². The molecule has 0 atom stereocenters. The number of ketones is 2. The molecule has 0 bridgehead atoms. The third-order valence-electron chi connectivity index (χ3n) is 20.8. The topological polar surface area (TPSA) is 147 Å². The third-order valence-corrected chi connectivity index (χ3v) is 20.8. The van der Waals surface area contributed by atoms with Gasteiger partial charge in [0.2, 0.25) is 58.1 Å². The SMILES string of the molecule is O=C(c1ccc(/C(=C2/C=CC(C(/c3c(F)c(F)c(F)c(F)c3F)=c3/cc/c(=C(C4=N/C(=C5\C=CC(C(/c6c(F)c(F)c(F)c(F)c6F)=c6/cc/c(=C(C7=N/C(=C(\c8ccc(C(=O)c9c(F)c(F)c(F)c(F)c9F)[nH]8)c8c(F)c(F)c(F)c(F)c8F)C=C7)\c7c(F)c(F)c(F)c(F)c7F)[nH]6)=N5)C=C4)\c4c(F)c(F)c(F)c(F)c4F)[nH]3)=N2)c2c(F)c(F)c(F)c(F)c2F)[nH]1)c1c(F)c(F)c(F)c(F)c1F. The summed E-state index contributed by atoms with van der Waals surface area (Å²) in [7, 11) is 0. The lowest BCUT2D eigenvalue weighted by Crippen LogP contribution is -2.24. The molecule has 12 aromatic rings. The maximum atomic E-state index is 16.6. The van der Waals surface area contributed by atoms with Gasteiger partial charge in [-0.25, -0.2) is 196 Å². The van der Waals surface area contributed by atoms with E-state index >= 15 is 132 Å². The molecule has 0 saturated carbocycles. The number of halogens is 40. The Hall–Kier alpha value is -16.2. The standard InChI is InChI=1S/C88H20F40N8O2/c89-47-39(48(90)64(106)79(121)63(47)105)33(21-5-7-23(131-21)35(41-51(93)67(109)81(123)68(110)52(41)94)25-9-11-27(133-25)37(43-55(97)71(113)83(125)72(114)56(43)98)29-13-15-31(135-29)87(137)45-59(101)75(117)85(127)76(118)60(45)102)19-3-1-17(129-19)18-2-4-20(130-18)34(40-49(91)65(107)80(122)66(108)50(40)92)22-6-8-24(132-22)36(42-53(95)69(111)82(124)70(112)54(42)96)26-10-12-28(134-26)38(44-57(99)73(115)84(126)74(116)58(44)100)30-14-16-32(136-30)88(138)46-61(103)77(119)86(128)78(120)62(46)104/h1-16,131-132,135-136H/b18-17+,33-21+,34-22+,35-23+,36-24+,37-27+,38-28+. The van der Waals surface area contributed by atoms with Crippen LogP contribution in [0.25, 0.3) is 33.4 Å². The Kier molecular flexibility index (Phi) is 23.8. The number of carbonyl (C=O) groups is 2. The van der Waals surface area contributed by atoms with Crippen molar-refractivity contribution in [1.29, 1.82) is 0 Å². The van der Waals surface area contributed by atoms with Crippen molar-refractivity contribution >= 4 is 67.9 Å². The van der Waals surface area contributed by atoms with Crippen LogP contribution in [0.15, 0.2) is 140 Å². The van der Waals surface area contributed by atoms with Crippen molar-refractivity contribution in [2.75, 3.05) is 0 Å². The number of carbonyl (C=O) groups excluding carboxylic acids is 2. The summed E-state index contributed by atoms with van der Waals surface area (Å²) >= 11 is 0. The first-order valence-electron chi connectivity index (χ1n) is 36.8. The highest BCUT2D eigenvalue weighted by molar-refractivity contribution is 6.33. The quantitative estimate of drug-likeness (QED) is 0.0330. The van der Waals surface area contributed by atoms with Gasteiger partial charge in [-0.2, -0.15) is 0 Å². The van der Waals surface area contributed by atoms with Crippen LogP contribution in [0.1, 0.15) is 76.9 Å². The van der Waals surface area contributed by atoms with Crippen molar-refractivity contribution < 1.29 is 185 Å². The van der Waals surface area contributed by atoms with E-state index < -0.39 is 412 Å². The average Bonchev–Trinajstić information content (AvgIpc) is 1.58. The van der Waals surface area contributed by atoms with Crippen LogP contribution in [0, 0.1) is 233 Å². The van der Waals surface area contributed by atoms with Crippen LogP contribution < -0.4 is 21.4 Å². The van der Waals surface area contributed by atoms with Crippen LogP contribution in [0.5, 0.6) is 0 Å². The number of nitrogens with one attached hydrogen (secondary N) is 4. The molecule has 16 rings (SSSR count). The summed E-state index contributed by atoms with van der Waals surface area (Å²) in [5, 5.41) is -5.17. The van der Waals surface area contributed by atoms with Crippen LogP contribution in [-0.4, -0.2) is 54.3 Å². The Bertz CT molecular complexity index is 7640. The third kappa shape index (κ3) is 14.6. The molecule has 4 aliphatic rings. The van der Waals surface area contributed by atoms with Crippen LogP contribution in [0.3, 0.4) is 0 Å². The number of aromatic amines is 4. The van der Waals surface area contributed by atoms with E-state index in [2.05, 4.69) is 29.9 Å². The van der Waals surface area contributed by atoms with Crippen molar-refractivity contribution in [3.63, 3.8) is 0 Å². The molecule has 8 aromatic carbocycles. The number of benzene rings is 8. The van der Waals surface area contributed by atoms with Crippen molar-refractivity contribution in [2.24, 2.45) is 20.0 Å². The monoisotopic (exact) mass is 1980 g/mol. The summed E-state index contributed by atoms with van der Waals surface area (Å²) in [6.45, 7) is 0. The molecule has 0 amide bonds. The Balaban J connectivity index is 0.916. The maximum Gasteiger partial charge on any atom is 0.215 e. The molecule has 0 unspecified atom stereocenters. The number of hydrogen-bond acceptors (Lipinski definition) is 6. The van der Waals surface area contributed by atoms with Crippen LogP contribution in [-0.2, 0) is 0 Å². The number of allylic oxidation sites excluding steroid dienone is 8. The highest BCUT2D eigenvalue weighted by Gasteiger charge is 2.42. The largest absolute Gasteiger partial charge is 0.354 e. The van der Waals surface area contributed by atoms with Crippen molar-refractivity contribution in [3.8, 4) is 0 Å². The lowest BCUT2D eigenvalue weighted by Gasteiger charge is -2.14. The molecule has 0 radical (unpaired) electrons. The van der Waals surface area contributed by atoms with Gasteiger partial charge >= 0.3 is 0 Å². The number of rotatable bonds is 16. The van der Waals surface area contributed by atoms with E-state index in [-0.39, 0.29) is 0 Å². The molecule has 0 spiro atoms. The predicted molar refractivity (Wildman–Crippen MR) is 394 cm³/mol. The molecule has 0 aliphatic carbocycles. The summed E-state index contributed by atoms with van der Waals surface area (Å²) < 4.78 is 619. The van der Waals surface area contributed by atoms with Gasteiger partial charge in [0.05, 0.1) is 90.4 Å². The molecule has 50 heteroatoms. The first kappa shape index (κ1) is 94.9. The molecule has 10 nitrogen and oxygen atoms in total. The van der Waals surface area contributed by atoms with Crippen molar-refractivity contribution in [1.82, 2.24) is 19.9 Å². The van der Waals surface area contributed by atoms with E-state index in [9.17, 15) is 53.5 Å². The average molecular weight is 1980 g/mol. The van der Waals surface area contributed by atoms with E-state index in [1.54, 1.807) is 0 Å². The summed E-state index contributed by atoms with van der Waals surface area (Å²) in [4.78, 5) is 50.6. The Morgan fingerprint density at radius 1 is 0.159 bits per heavy atom. The van der Waals surface area contributed by atoms with Gasteiger partial charge in [-0.05, 0) is 97.1 Å². The van der Waals surface area contributed by atoms with Gasteiger partial charge in [0.15, 0.2) is 186 Å². The first-order valence-corrected chi connectivity index (χ1v) is 36.8. The van der Waals surface area contributed by atoms with E-state index in [1.165, 1.54) is 0 Å². The van der Waals surface area contributed by atoms with Gasteiger partial charge in [0.25, 0.3) is 0 Å². The predicted octanol–water partition coefficient (Wildman–Crippen LogP) is 20.7. The second-order valence-electron chi connectivity index (χ2n) is 28.5. The fraction of sp³-hybridized carbons (Fsp3) is 0. The van der Waals surface area contributed by atoms with Crippen LogP contribution in [0.4, 0.5) is 176 Å². The Morgan fingerprint density at radius 2 is 0.319 bits per heavy atom. The van der Waals surface area contributed by atoms with E-state index in [1.807, 2.05) is 9.97 Å². The zero-order valence-electron chi connectivity index (χ0n) is 65.0. The van der Waals surface area contributed by atoms with Gasteiger partial charge in [0, 0.05) is 66.2 Å². The van der Waals surface area contributed by atoms with E-state index in [0.29, 0.717) is 97.1 Å². The lowest BCUT2D eigenvalue weighted by molar-refractivity contribution is 0.101. The number of nitrogens with zero attached hydrogens (tertiary/aromatic N) is 4. The van der Waals surface area contributed by atoms with Crippen LogP contribution >= 0.6 is 0 Å². The Labute approximate surface area is 732 Å². The van der Waals surface area contributed by atoms with Crippen LogP contribution in [0.2, 0.25) is 0 Å². The molecule has 138 heavy (non-hydrogen) atoms. The molecule has 704 valence electrons. The zero-order valence-corrected chi connectivity index (χ0v) is 65.0. The summed E-state index contributed by atoms with van der Waals surface area (Å²) in [5.74, 6) is -120.